The second-order valence-electron chi connectivity index (χ2n) is 5.58. The summed E-state index contributed by atoms with van der Waals surface area (Å²) >= 11 is 13.5. The molecule has 0 aliphatic carbocycles. The smallest absolute Gasteiger partial charge is 0.248 e. The standard InChI is InChI=1S/C19H13Cl2N3OS/c1-11-7-8-14(20)15(9-11)23-18(25)13(10-22)19-24-16(17(21)26-19)12-5-3-2-4-6-12/h2-9,13H,1H3,(H,23,25). The van der Waals surface area contributed by atoms with E-state index in [4.69, 9.17) is 23.2 Å². The molecule has 0 spiro atoms. The monoisotopic (exact) mass is 401 g/mol. The number of rotatable bonds is 4. The van der Waals surface area contributed by atoms with Gasteiger partial charge in [-0.25, -0.2) is 4.98 Å². The molecule has 1 heterocycles. The van der Waals surface area contributed by atoms with Crippen molar-refractivity contribution in [3.05, 3.63) is 68.5 Å². The number of nitrogens with zero attached hydrogens (tertiary/aromatic N) is 2. The fourth-order valence-corrected chi connectivity index (χ4v) is 3.79. The van der Waals surface area contributed by atoms with E-state index in [9.17, 15) is 10.1 Å². The molecule has 7 heteroatoms. The summed E-state index contributed by atoms with van der Waals surface area (Å²) in [6, 6.07) is 16.7. The Balaban J connectivity index is 1.89. The summed E-state index contributed by atoms with van der Waals surface area (Å²) in [7, 11) is 0. The van der Waals surface area contributed by atoms with Gasteiger partial charge in [0.25, 0.3) is 0 Å². The van der Waals surface area contributed by atoms with Crippen molar-refractivity contribution < 1.29 is 4.79 Å². The molecule has 0 bridgehead atoms. The Bertz CT molecular complexity index is 996. The first-order valence-corrected chi connectivity index (χ1v) is 9.25. The molecule has 26 heavy (non-hydrogen) atoms. The Morgan fingerprint density at radius 2 is 1.96 bits per heavy atom. The van der Waals surface area contributed by atoms with Gasteiger partial charge in [0.05, 0.1) is 16.8 Å². The lowest BCUT2D eigenvalue weighted by atomic mass is 10.1. The average Bonchev–Trinajstić information content (AvgIpc) is 3.01. The molecule has 0 radical (unpaired) electrons. The van der Waals surface area contributed by atoms with Crippen LogP contribution in [0, 0.1) is 18.3 Å². The van der Waals surface area contributed by atoms with E-state index < -0.39 is 11.8 Å². The molecule has 0 fully saturated rings. The maximum atomic E-state index is 12.6. The number of benzene rings is 2. The number of nitrogens with one attached hydrogen (secondary N) is 1. The number of hydrogen-bond donors (Lipinski definition) is 1. The highest BCUT2D eigenvalue weighted by Crippen LogP contribution is 2.36. The maximum Gasteiger partial charge on any atom is 0.248 e. The number of aryl methyl sites for hydroxylation is 1. The molecule has 1 N–H and O–H groups in total. The van der Waals surface area contributed by atoms with Crippen molar-refractivity contribution in [2.75, 3.05) is 5.32 Å². The van der Waals surface area contributed by atoms with Crippen LogP contribution < -0.4 is 5.32 Å². The highest BCUT2D eigenvalue weighted by molar-refractivity contribution is 7.16. The first-order chi connectivity index (χ1) is 12.5. The van der Waals surface area contributed by atoms with Crippen molar-refractivity contribution in [1.82, 2.24) is 4.98 Å². The van der Waals surface area contributed by atoms with Crippen molar-refractivity contribution >= 4 is 46.1 Å². The Labute approximate surface area is 165 Å². The molecule has 0 saturated carbocycles. The zero-order valence-corrected chi connectivity index (χ0v) is 16.0. The molecular weight excluding hydrogens is 389 g/mol. The molecule has 2 aromatic carbocycles. The highest BCUT2D eigenvalue weighted by atomic mass is 35.5. The van der Waals surface area contributed by atoms with Gasteiger partial charge in [0.1, 0.15) is 15.0 Å². The minimum Gasteiger partial charge on any atom is -0.323 e. The van der Waals surface area contributed by atoms with Crippen LogP contribution >= 0.6 is 34.5 Å². The highest BCUT2D eigenvalue weighted by Gasteiger charge is 2.26. The molecule has 1 amide bonds. The van der Waals surface area contributed by atoms with Gasteiger partial charge in [0.2, 0.25) is 5.91 Å². The molecule has 3 rings (SSSR count). The predicted octanol–water partition coefficient (Wildman–Crippen LogP) is 5.67. The average molecular weight is 402 g/mol. The summed E-state index contributed by atoms with van der Waals surface area (Å²) in [5.41, 5.74) is 2.80. The van der Waals surface area contributed by atoms with Gasteiger partial charge in [-0.05, 0) is 24.6 Å². The van der Waals surface area contributed by atoms with Gasteiger partial charge in [-0.2, -0.15) is 5.26 Å². The normalized spacial score (nSPS) is 11.6. The molecule has 130 valence electrons. The summed E-state index contributed by atoms with van der Waals surface area (Å²) in [5.74, 6) is -1.57. The van der Waals surface area contributed by atoms with Crippen molar-refractivity contribution in [3.63, 3.8) is 0 Å². The van der Waals surface area contributed by atoms with Crippen LogP contribution in [0.3, 0.4) is 0 Å². The van der Waals surface area contributed by atoms with Gasteiger partial charge in [0, 0.05) is 5.56 Å². The SMILES string of the molecule is Cc1ccc(Cl)c(NC(=O)C(C#N)c2nc(-c3ccccc3)c(Cl)s2)c1. The first-order valence-electron chi connectivity index (χ1n) is 7.68. The topological polar surface area (TPSA) is 65.8 Å². The van der Waals surface area contributed by atoms with Crippen molar-refractivity contribution in [1.29, 1.82) is 5.26 Å². The number of anilines is 1. The lowest BCUT2D eigenvalue weighted by Gasteiger charge is -2.10. The number of aromatic nitrogens is 1. The fourth-order valence-electron chi connectivity index (χ4n) is 2.38. The second kappa shape index (κ2) is 7.88. The molecule has 1 unspecified atom stereocenters. The molecule has 0 saturated heterocycles. The van der Waals surface area contributed by atoms with Gasteiger partial charge >= 0.3 is 0 Å². The van der Waals surface area contributed by atoms with Gasteiger partial charge in [-0.3, -0.25) is 4.79 Å². The van der Waals surface area contributed by atoms with E-state index >= 15 is 0 Å². The van der Waals surface area contributed by atoms with Crippen LogP contribution in [0.25, 0.3) is 11.3 Å². The zero-order chi connectivity index (χ0) is 18.7. The maximum absolute atomic E-state index is 12.6. The third kappa shape index (κ3) is 3.88. The van der Waals surface area contributed by atoms with E-state index in [0.29, 0.717) is 25.7 Å². The summed E-state index contributed by atoms with van der Waals surface area (Å²) in [6.07, 6.45) is 0. The Kier molecular flexibility index (Phi) is 5.58. The minimum absolute atomic E-state index is 0.345. The van der Waals surface area contributed by atoms with E-state index in [2.05, 4.69) is 10.3 Å². The fraction of sp³-hybridized carbons (Fsp3) is 0.105. The van der Waals surface area contributed by atoms with E-state index in [-0.39, 0.29) is 0 Å². The summed E-state index contributed by atoms with van der Waals surface area (Å²) in [4.78, 5) is 17.0. The molecule has 0 aliphatic rings. The summed E-state index contributed by atoms with van der Waals surface area (Å²) in [6.45, 7) is 1.89. The van der Waals surface area contributed by atoms with Crippen LogP contribution in [0.15, 0.2) is 48.5 Å². The van der Waals surface area contributed by atoms with E-state index in [1.54, 1.807) is 12.1 Å². The predicted molar refractivity (Wildman–Crippen MR) is 106 cm³/mol. The van der Waals surface area contributed by atoms with Gasteiger partial charge in [0.15, 0.2) is 5.92 Å². The largest absolute Gasteiger partial charge is 0.323 e. The van der Waals surface area contributed by atoms with Crippen molar-refractivity contribution in [2.24, 2.45) is 0 Å². The lowest BCUT2D eigenvalue weighted by Crippen LogP contribution is -2.20. The van der Waals surface area contributed by atoms with Crippen LogP contribution in [0.4, 0.5) is 5.69 Å². The number of halogens is 2. The Morgan fingerprint density at radius 1 is 1.23 bits per heavy atom. The van der Waals surface area contributed by atoms with Crippen molar-refractivity contribution in [2.45, 2.75) is 12.8 Å². The number of carbonyl (C=O) groups is 1. The van der Waals surface area contributed by atoms with Crippen LogP contribution in [0.5, 0.6) is 0 Å². The lowest BCUT2D eigenvalue weighted by molar-refractivity contribution is -0.116. The minimum atomic E-state index is -1.08. The first kappa shape index (κ1) is 18.4. The summed E-state index contributed by atoms with van der Waals surface area (Å²) in [5, 5.41) is 13.0. The van der Waals surface area contributed by atoms with E-state index in [1.165, 1.54) is 0 Å². The second-order valence-corrected chi connectivity index (χ2v) is 7.62. The Hall–Kier alpha value is -2.39. The van der Waals surface area contributed by atoms with E-state index in [0.717, 1.165) is 22.5 Å². The molecule has 3 aromatic rings. The molecule has 1 aromatic heterocycles. The molecule has 1 atom stereocenters. The Morgan fingerprint density at radius 3 is 2.65 bits per heavy atom. The number of amides is 1. The van der Waals surface area contributed by atoms with Crippen LogP contribution in [0.1, 0.15) is 16.5 Å². The van der Waals surface area contributed by atoms with Gasteiger partial charge in [-0.1, -0.05) is 59.6 Å². The van der Waals surface area contributed by atoms with Crippen LogP contribution in [-0.2, 0) is 4.79 Å². The van der Waals surface area contributed by atoms with Crippen LogP contribution in [0.2, 0.25) is 9.36 Å². The molecule has 0 aliphatic heterocycles. The van der Waals surface area contributed by atoms with Gasteiger partial charge < -0.3 is 5.32 Å². The third-order valence-electron chi connectivity index (χ3n) is 3.67. The summed E-state index contributed by atoms with van der Waals surface area (Å²) < 4.78 is 0.438. The molecule has 4 nitrogen and oxygen atoms in total. The quantitative estimate of drug-likeness (QED) is 0.611. The molecular formula is C19H13Cl2N3OS. The number of hydrogen-bond acceptors (Lipinski definition) is 4. The number of thiazole rings is 1. The van der Waals surface area contributed by atoms with Crippen LogP contribution in [-0.4, -0.2) is 10.9 Å². The van der Waals surface area contributed by atoms with E-state index in [1.807, 2.05) is 49.4 Å². The van der Waals surface area contributed by atoms with Gasteiger partial charge in [-0.15, -0.1) is 11.3 Å². The zero-order valence-electron chi connectivity index (χ0n) is 13.7. The third-order valence-corrected chi connectivity index (χ3v) is 5.32. The number of carbonyl (C=O) groups excluding carboxylic acids is 1. The number of nitriles is 1. The van der Waals surface area contributed by atoms with Crippen molar-refractivity contribution in [3.8, 4) is 17.3 Å².